The topological polar surface area (TPSA) is 85.7 Å². The van der Waals surface area contributed by atoms with Crippen molar-refractivity contribution in [3.05, 3.63) is 57.5 Å². The Morgan fingerprint density at radius 3 is 1.85 bits per heavy atom. The highest BCUT2D eigenvalue weighted by atomic mass is 16.5. The van der Waals surface area contributed by atoms with Gasteiger partial charge in [0.1, 0.15) is 0 Å². The quantitative estimate of drug-likeness (QED) is 0.353. The van der Waals surface area contributed by atoms with Crippen LogP contribution in [0.4, 0.5) is 0 Å². The van der Waals surface area contributed by atoms with E-state index in [9.17, 15) is 0 Å². The molecule has 0 saturated carbocycles. The number of rotatable bonds is 10. The van der Waals surface area contributed by atoms with Crippen LogP contribution in [0.1, 0.15) is 16.7 Å². The van der Waals surface area contributed by atoms with Crippen molar-refractivity contribution in [3.8, 4) is 23.0 Å². The summed E-state index contributed by atoms with van der Waals surface area (Å²) in [6.07, 6.45) is 2.28. The summed E-state index contributed by atoms with van der Waals surface area (Å²) >= 11 is 0. The zero-order valence-corrected chi connectivity index (χ0v) is 16.2. The van der Waals surface area contributed by atoms with E-state index in [4.69, 9.17) is 24.5 Å². The molecular weight excluding hydrogens is 346 g/mol. The van der Waals surface area contributed by atoms with Gasteiger partial charge in [0.25, 0.3) is 0 Å². The minimum absolute atomic E-state index is 0.398. The molecule has 2 aromatic rings. The smallest absolute Gasteiger partial charge is 0.161 e. The van der Waals surface area contributed by atoms with Crippen LogP contribution in [-0.2, 0) is 19.3 Å². The van der Waals surface area contributed by atoms with Crippen LogP contribution in [0.5, 0.6) is 23.0 Å². The number of aryl methyl sites for hydroxylation is 2. The van der Waals surface area contributed by atoms with Crippen LogP contribution in [0, 0.1) is 0 Å². The Morgan fingerprint density at radius 1 is 0.741 bits per heavy atom. The molecule has 2 rings (SSSR count). The predicted octanol–water partition coefficient (Wildman–Crippen LogP) is 4.36. The largest absolute Gasteiger partial charge is 0.493 e. The molecule has 0 bridgehead atoms. The van der Waals surface area contributed by atoms with Crippen LogP contribution < -0.4 is 18.9 Å². The third-order valence-electron chi connectivity index (χ3n) is 4.38. The van der Waals surface area contributed by atoms with E-state index in [2.05, 4.69) is 10.0 Å². The Hall–Kier alpha value is -3.05. The van der Waals surface area contributed by atoms with E-state index in [0.29, 0.717) is 36.0 Å². The van der Waals surface area contributed by atoms with Gasteiger partial charge in [0.2, 0.25) is 0 Å². The molecule has 0 aliphatic carbocycles. The van der Waals surface area contributed by atoms with Gasteiger partial charge in [0.15, 0.2) is 23.0 Å². The number of ether oxygens (including phenoxy) is 4. The minimum Gasteiger partial charge on any atom is -0.493 e. The SMILES string of the molecule is COc1ccc(CCc2cc(OC)c(OC)cc2CCN=[N+]=[N-])cc1OC. The fourth-order valence-corrected chi connectivity index (χ4v) is 2.96. The van der Waals surface area contributed by atoms with Gasteiger partial charge in [-0.05, 0) is 65.7 Å². The molecule has 7 heteroatoms. The van der Waals surface area contributed by atoms with Crippen molar-refractivity contribution in [1.29, 1.82) is 0 Å². The van der Waals surface area contributed by atoms with Gasteiger partial charge in [-0.15, -0.1) is 0 Å². The summed E-state index contributed by atoms with van der Waals surface area (Å²) in [6, 6.07) is 9.87. The van der Waals surface area contributed by atoms with Gasteiger partial charge in [0, 0.05) is 11.5 Å². The molecule has 0 heterocycles. The first-order valence-corrected chi connectivity index (χ1v) is 8.62. The Morgan fingerprint density at radius 2 is 1.30 bits per heavy atom. The first kappa shape index (κ1) is 20.3. The minimum atomic E-state index is 0.398. The highest BCUT2D eigenvalue weighted by Crippen LogP contribution is 2.32. The summed E-state index contributed by atoms with van der Waals surface area (Å²) in [5, 5.41) is 3.64. The Bertz CT molecular complexity index is 817. The highest BCUT2D eigenvalue weighted by Gasteiger charge is 2.12. The van der Waals surface area contributed by atoms with Gasteiger partial charge < -0.3 is 18.9 Å². The second-order valence-corrected chi connectivity index (χ2v) is 5.87. The van der Waals surface area contributed by atoms with Crippen LogP contribution in [0.25, 0.3) is 10.4 Å². The molecule has 144 valence electrons. The van der Waals surface area contributed by atoms with Crippen molar-refractivity contribution < 1.29 is 18.9 Å². The average Bonchev–Trinajstić information content (AvgIpc) is 2.72. The van der Waals surface area contributed by atoms with Crippen LogP contribution in [-0.4, -0.2) is 35.0 Å². The molecule has 0 unspecified atom stereocenters. The van der Waals surface area contributed by atoms with Crippen LogP contribution >= 0.6 is 0 Å². The molecular formula is C20H25N3O4. The average molecular weight is 371 g/mol. The molecule has 0 fully saturated rings. The van der Waals surface area contributed by atoms with E-state index in [1.54, 1.807) is 28.4 Å². The fraction of sp³-hybridized carbons (Fsp3) is 0.400. The Balaban J connectivity index is 2.26. The van der Waals surface area contributed by atoms with Gasteiger partial charge in [-0.25, -0.2) is 0 Å². The van der Waals surface area contributed by atoms with Gasteiger partial charge in [0.05, 0.1) is 28.4 Å². The molecule has 0 aliphatic heterocycles. The maximum Gasteiger partial charge on any atom is 0.161 e. The summed E-state index contributed by atoms with van der Waals surface area (Å²) < 4.78 is 21.5. The van der Waals surface area contributed by atoms with Gasteiger partial charge in [-0.1, -0.05) is 11.2 Å². The zero-order valence-electron chi connectivity index (χ0n) is 16.2. The van der Waals surface area contributed by atoms with Crippen molar-refractivity contribution in [3.63, 3.8) is 0 Å². The second kappa shape index (κ2) is 10.2. The lowest BCUT2D eigenvalue weighted by molar-refractivity contribution is 0.354. The monoisotopic (exact) mass is 371 g/mol. The van der Waals surface area contributed by atoms with E-state index in [0.717, 1.165) is 29.5 Å². The maximum atomic E-state index is 8.53. The molecule has 0 saturated heterocycles. The Kier molecular flexibility index (Phi) is 7.64. The molecule has 0 radical (unpaired) electrons. The molecule has 0 aliphatic rings. The van der Waals surface area contributed by atoms with Crippen LogP contribution in [0.3, 0.4) is 0 Å². The third kappa shape index (κ3) is 5.21. The van der Waals surface area contributed by atoms with Gasteiger partial charge in [-0.2, -0.15) is 0 Å². The first-order valence-electron chi connectivity index (χ1n) is 8.62. The number of nitrogens with zero attached hydrogens (tertiary/aromatic N) is 3. The van der Waals surface area contributed by atoms with E-state index in [1.807, 2.05) is 30.3 Å². The molecule has 0 amide bonds. The van der Waals surface area contributed by atoms with E-state index >= 15 is 0 Å². The van der Waals surface area contributed by atoms with Crippen LogP contribution in [0.15, 0.2) is 35.4 Å². The van der Waals surface area contributed by atoms with E-state index in [-0.39, 0.29) is 0 Å². The summed E-state index contributed by atoms with van der Waals surface area (Å²) in [5.74, 6) is 2.78. The molecule has 0 spiro atoms. The lowest BCUT2D eigenvalue weighted by Gasteiger charge is -2.15. The molecule has 7 nitrogen and oxygen atoms in total. The summed E-state index contributed by atoms with van der Waals surface area (Å²) in [5.41, 5.74) is 11.9. The number of hydrogen-bond donors (Lipinski definition) is 0. The van der Waals surface area contributed by atoms with Crippen molar-refractivity contribution in [1.82, 2.24) is 0 Å². The van der Waals surface area contributed by atoms with Crippen molar-refractivity contribution in [2.24, 2.45) is 5.11 Å². The fourth-order valence-electron chi connectivity index (χ4n) is 2.96. The van der Waals surface area contributed by atoms with Crippen molar-refractivity contribution >= 4 is 0 Å². The van der Waals surface area contributed by atoms with Crippen molar-refractivity contribution in [2.75, 3.05) is 35.0 Å². The molecule has 27 heavy (non-hydrogen) atoms. The number of methoxy groups -OCH3 is 4. The first-order chi connectivity index (χ1) is 13.2. The molecule has 2 aromatic carbocycles. The second-order valence-electron chi connectivity index (χ2n) is 5.87. The van der Waals surface area contributed by atoms with Gasteiger partial charge >= 0.3 is 0 Å². The molecule has 0 atom stereocenters. The summed E-state index contributed by atoms with van der Waals surface area (Å²) in [7, 11) is 6.48. The van der Waals surface area contributed by atoms with E-state index in [1.165, 1.54) is 0 Å². The lowest BCUT2D eigenvalue weighted by Crippen LogP contribution is -2.02. The van der Waals surface area contributed by atoms with Crippen molar-refractivity contribution in [2.45, 2.75) is 19.3 Å². The number of hydrogen-bond acceptors (Lipinski definition) is 5. The van der Waals surface area contributed by atoms with Gasteiger partial charge in [-0.3, -0.25) is 0 Å². The Labute approximate surface area is 159 Å². The maximum absolute atomic E-state index is 8.53. The van der Waals surface area contributed by atoms with E-state index < -0.39 is 0 Å². The van der Waals surface area contributed by atoms with Crippen LogP contribution in [0.2, 0.25) is 0 Å². The normalized spacial score (nSPS) is 10.1. The third-order valence-corrected chi connectivity index (χ3v) is 4.38. The number of azide groups is 1. The highest BCUT2D eigenvalue weighted by molar-refractivity contribution is 5.48. The number of benzene rings is 2. The zero-order chi connectivity index (χ0) is 19.6. The molecule has 0 N–H and O–H groups in total. The molecule has 0 aromatic heterocycles. The lowest BCUT2D eigenvalue weighted by atomic mass is 9.97. The summed E-state index contributed by atoms with van der Waals surface area (Å²) in [4.78, 5) is 2.83. The standard InChI is InChI=1S/C20H25N3O4/c1-24-17-8-6-14(11-18(17)25-2)5-7-15-12-19(26-3)20(27-4)13-16(15)9-10-22-23-21/h6,8,11-13H,5,7,9-10H2,1-4H3. The summed E-state index contributed by atoms with van der Waals surface area (Å²) in [6.45, 7) is 0.398. The predicted molar refractivity (Wildman–Crippen MR) is 104 cm³/mol.